The fourth-order valence-corrected chi connectivity index (χ4v) is 2.22. The lowest BCUT2D eigenvalue weighted by atomic mass is 10.1. The van der Waals surface area contributed by atoms with Gasteiger partial charge in [-0.1, -0.05) is 23.7 Å². The molecule has 4 nitrogen and oxygen atoms in total. The number of rotatable bonds is 4. The number of methoxy groups -OCH3 is 1. The number of halogens is 1. The fraction of sp³-hybridized carbons (Fsp3) is 0.111. The number of carbonyl (C=O) groups is 1. The second-order valence-electron chi connectivity index (χ2n) is 4.88. The number of benzene rings is 2. The van der Waals surface area contributed by atoms with Crippen LogP contribution >= 0.6 is 11.6 Å². The van der Waals surface area contributed by atoms with E-state index in [-0.39, 0.29) is 5.57 Å². The maximum atomic E-state index is 12.3. The van der Waals surface area contributed by atoms with Crippen molar-refractivity contribution in [2.75, 3.05) is 12.4 Å². The van der Waals surface area contributed by atoms with Gasteiger partial charge in [0, 0.05) is 16.3 Å². The summed E-state index contributed by atoms with van der Waals surface area (Å²) in [6.45, 7) is 1.92. The van der Waals surface area contributed by atoms with Crippen molar-refractivity contribution in [3.63, 3.8) is 0 Å². The quantitative estimate of drug-likeness (QED) is 0.676. The number of amides is 1. The molecule has 1 N–H and O–H groups in total. The van der Waals surface area contributed by atoms with E-state index >= 15 is 0 Å². The number of nitrogens with one attached hydrogen (secondary N) is 1. The van der Waals surface area contributed by atoms with Crippen LogP contribution in [0.5, 0.6) is 5.75 Å². The summed E-state index contributed by atoms with van der Waals surface area (Å²) in [5.74, 6) is 0.0469. The SMILES string of the molecule is COc1ccc(Cl)cc1/C=C(/C#N)C(=O)Nc1cccc(C)c1. The van der Waals surface area contributed by atoms with Crippen LogP contribution in [0.4, 0.5) is 5.69 Å². The number of aryl methyl sites for hydroxylation is 1. The Balaban J connectivity index is 2.30. The van der Waals surface area contributed by atoms with Crippen LogP contribution in [0, 0.1) is 18.3 Å². The van der Waals surface area contributed by atoms with Crippen LogP contribution in [0.15, 0.2) is 48.0 Å². The Kier molecular flexibility index (Phi) is 5.40. The van der Waals surface area contributed by atoms with Crippen molar-refractivity contribution in [3.05, 3.63) is 64.2 Å². The highest BCUT2D eigenvalue weighted by Gasteiger charge is 2.11. The Hall–Kier alpha value is -2.77. The van der Waals surface area contributed by atoms with Gasteiger partial charge in [-0.15, -0.1) is 0 Å². The Bertz CT molecular complexity index is 807. The Morgan fingerprint density at radius 2 is 2.09 bits per heavy atom. The van der Waals surface area contributed by atoms with E-state index in [1.165, 1.54) is 13.2 Å². The lowest BCUT2D eigenvalue weighted by molar-refractivity contribution is -0.112. The number of ether oxygens (including phenoxy) is 1. The van der Waals surface area contributed by atoms with Crippen molar-refractivity contribution < 1.29 is 9.53 Å². The maximum Gasteiger partial charge on any atom is 0.266 e. The molecule has 0 atom stereocenters. The first kappa shape index (κ1) is 16.6. The molecule has 0 unspecified atom stereocenters. The van der Waals surface area contributed by atoms with Gasteiger partial charge in [-0.05, 0) is 48.9 Å². The van der Waals surface area contributed by atoms with E-state index in [2.05, 4.69) is 5.32 Å². The molecule has 0 fully saturated rings. The van der Waals surface area contributed by atoms with Gasteiger partial charge in [-0.3, -0.25) is 4.79 Å². The van der Waals surface area contributed by atoms with Crippen LogP contribution < -0.4 is 10.1 Å². The third-order valence-electron chi connectivity index (χ3n) is 3.13. The summed E-state index contributed by atoms with van der Waals surface area (Å²) >= 11 is 5.96. The smallest absolute Gasteiger partial charge is 0.266 e. The molecule has 23 heavy (non-hydrogen) atoms. The maximum absolute atomic E-state index is 12.3. The molecule has 0 aromatic heterocycles. The van der Waals surface area contributed by atoms with Crippen LogP contribution in [0.2, 0.25) is 5.02 Å². The summed E-state index contributed by atoms with van der Waals surface area (Å²) in [5, 5.41) is 12.5. The molecule has 2 rings (SSSR count). The average molecular weight is 327 g/mol. The summed E-state index contributed by atoms with van der Waals surface area (Å²) in [4.78, 5) is 12.3. The van der Waals surface area contributed by atoms with Crippen molar-refractivity contribution in [3.8, 4) is 11.8 Å². The molecular weight excluding hydrogens is 312 g/mol. The van der Waals surface area contributed by atoms with Gasteiger partial charge in [0.15, 0.2) is 0 Å². The van der Waals surface area contributed by atoms with Gasteiger partial charge >= 0.3 is 0 Å². The van der Waals surface area contributed by atoms with E-state index in [0.29, 0.717) is 22.0 Å². The lowest BCUT2D eigenvalue weighted by Gasteiger charge is -2.07. The van der Waals surface area contributed by atoms with Crippen LogP contribution in [-0.4, -0.2) is 13.0 Å². The monoisotopic (exact) mass is 326 g/mol. The topological polar surface area (TPSA) is 62.1 Å². The number of nitriles is 1. The standard InChI is InChI=1S/C18H15ClN2O2/c1-12-4-3-5-16(8-12)21-18(22)14(11-20)9-13-10-15(19)6-7-17(13)23-2/h3-10H,1-2H3,(H,21,22)/b14-9-. The van der Waals surface area contributed by atoms with Gasteiger partial charge in [0.1, 0.15) is 17.4 Å². The van der Waals surface area contributed by atoms with Crippen LogP contribution in [0.1, 0.15) is 11.1 Å². The molecule has 2 aromatic carbocycles. The van der Waals surface area contributed by atoms with Crippen LogP contribution in [0.25, 0.3) is 6.08 Å². The predicted octanol–water partition coefficient (Wildman–Crippen LogP) is 4.20. The molecule has 116 valence electrons. The summed E-state index contributed by atoms with van der Waals surface area (Å²) in [7, 11) is 1.51. The Morgan fingerprint density at radius 3 is 2.74 bits per heavy atom. The molecule has 0 heterocycles. The highest BCUT2D eigenvalue weighted by atomic mass is 35.5. The van der Waals surface area contributed by atoms with E-state index in [1.807, 2.05) is 31.2 Å². The van der Waals surface area contributed by atoms with E-state index in [1.54, 1.807) is 24.3 Å². The normalized spacial score (nSPS) is 10.8. The largest absolute Gasteiger partial charge is 0.496 e. The Labute approximate surface area is 140 Å². The number of nitrogens with zero attached hydrogens (tertiary/aromatic N) is 1. The third-order valence-corrected chi connectivity index (χ3v) is 3.37. The first-order chi connectivity index (χ1) is 11.0. The summed E-state index contributed by atoms with van der Waals surface area (Å²) in [5.41, 5.74) is 2.18. The first-order valence-corrected chi connectivity index (χ1v) is 7.24. The van der Waals surface area contributed by atoms with E-state index in [0.717, 1.165) is 5.56 Å². The van der Waals surface area contributed by atoms with Crippen molar-refractivity contribution in [2.45, 2.75) is 6.92 Å². The molecular formula is C18H15ClN2O2. The minimum absolute atomic E-state index is 0.0351. The minimum Gasteiger partial charge on any atom is -0.496 e. The first-order valence-electron chi connectivity index (χ1n) is 6.87. The van der Waals surface area contributed by atoms with Crippen molar-refractivity contribution in [2.24, 2.45) is 0 Å². The fourth-order valence-electron chi connectivity index (χ4n) is 2.04. The molecule has 0 aliphatic rings. The lowest BCUT2D eigenvalue weighted by Crippen LogP contribution is -2.13. The summed E-state index contributed by atoms with van der Waals surface area (Å²) in [6, 6.07) is 14.3. The van der Waals surface area contributed by atoms with Crippen molar-refractivity contribution >= 4 is 29.3 Å². The molecule has 0 saturated carbocycles. The average Bonchev–Trinajstić information content (AvgIpc) is 2.52. The van der Waals surface area contributed by atoms with Gasteiger partial charge in [-0.25, -0.2) is 0 Å². The molecule has 2 aromatic rings. The van der Waals surface area contributed by atoms with Crippen LogP contribution in [0.3, 0.4) is 0 Å². The zero-order chi connectivity index (χ0) is 16.8. The third kappa shape index (κ3) is 4.35. The molecule has 0 saturated heterocycles. The summed E-state index contributed by atoms with van der Waals surface area (Å²) < 4.78 is 5.22. The van der Waals surface area contributed by atoms with Gasteiger partial charge in [0.05, 0.1) is 7.11 Å². The zero-order valence-corrected chi connectivity index (χ0v) is 13.5. The highest BCUT2D eigenvalue weighted by molar-refractivity contribution is 6.30. The molecule has 5 heteroatoms. The molecule has 0 radical (unpaired) electrons. The number of hydrogen-bond acceptors (Lipinski definition) is 3. The van der Waals surface area contributed by atoms with Crippen LogP contribution in [-0.2, 0) is 4.79 Å². The number of hydrogen-bond donors (Lipinski definition) is 1. The van der Waals surface area contributed by atoms with E-state index in [9.17, 15) is 10.1 Å². The Morgan fingerprint density at radius 1 is 1.30 bits per heavy atom. The van der Waals surface area contributed by atoms with Gasteiger partial charge in [0.2, 0.25) is 0 Å². The van der Waals surface area contributed by atoms with Gasteiger partial charge < -0.3 is 10.1 Å². The molecule has 1 amide bonds. The molecule has 0 bridgehead atoms. The minimum atomic E-state index is -0.486. The summed E-state index contributed by atoms with van der Waals surface area (Å²) in [6.07, 6.45) is 1.45. The molecule has 0 spiro atoms. The second-order valence-corrected chi connectivity index (χ2v) is 5.32. The number of anilines is 1. The van der Waals surface area contributed by atoms with Gasteiger partial charge in [-0.2, -0.15) is 5.26 Å². The van der Waals surface area contributed by atoms with Gasteiger partial charge in [0.25, 0.3) is 5.91 Å². The molecule has 0 aliphatic carbocycles. The van der Waals surface area contributed by atoms with E-state index < -0.39 is 5.91 Å². The zero-order valence-electron chi connectivity index (χ0n) is 12.8. The van der Waals surface area contributed by atoms with Crippen molar-refractivity contribution in [1.82, 2.24) is 0 Å². The second kappa shape index (κ2) is 7.48. The predicted molar refractivity (Wildman–Crippen MR) is 91.4 cm³/mol. The number of carbonyl (C=O) groups excluding carboxylic acids is 1. The highest BCUT2D eigenvalue weighted by Crippen LogP contribution is 2.25. The van der Waals surface area contributed by atoms with E-state index in [4.69, 9.17) is 16.3 Å². The molecule has 0 aliphatic heterocycles. The van der Waals surface area contributed by atoms with Crippen molar-refractivity contribution in [1.29, 1.82) is 5.26 Å².